The summed E-state index contributed by atoms with van der Waals surface area (Å²) in [6, 6.07) is 5.01. The zero-order valence-electron chi connectivity index (χ0n) is 18.6. The second-order valence-corrected chi connectivity index (χ2v) is 7.88. The first-order valence-corrected chi connectivity index (χ1v) is 11.1. The second-order valence-electron chi connectivity index (χ2n) is 7.88. The van der Waals surface area contributed by atoms with E-state index in [1.807, 2.05) is 0 Å². The maximum Gasteiger partial charge on any atom is 0.311 e. The van der Waals surface area contributed by atoms with Gasteiger partial charge >= 0.3 is 11.9 Å². The van der Waals surface area contributed by atoms with Gasteiger partial charge in [-0.15, -0.1) is 0 Å². The Labute approximate surface area is 176 Å². The largest absolute Gasteiger partial charge is 0.493 e. The molecule has 0 saturated heterocycles. The molecule has 0 spiro atoms. The van der Waals surface area contributed by atoms with Crippen LogP contribution in [0.3, 0.4) is 0 Å². The lowest BCUT2D eigenvalue weighted by Crippen LogP contribution is -2.12. The Morgan fingerprint density at radius 2 is 1.34 bits per heavy atom. The molecule has 0 N–H and O–H groups in total. The van der Waals surface area contributed by atoms with Crippen LogP contribution in [-0.2, 0) is 9.59 Å². The van der Waals surface area contributed by atoms with Crippen molar-refractivity contribution in [2.75, 3.05) is 6.61 Å². The molecular formula is C24H38O5. The molecule has 0 fully saturated rings. The van der Waals surface area contributed by atoms with E-state index in [1.165, 1.54) is 0 Å². The Kier molecular flexibility index (Phi) is 12.8. The van der Waals surface area contributed by atoms with Gasteiger partial charge in [-0.05, 0) is 30.9 Å². The molecule has 1 aromatic carbocycles. The van der Waals surface area contributed by atoms with Gasteiger partial charge in [0, 0.05) is 18.9 Å². The van der Waals surface area contributed by atoms with E-state index in [4.69, 9.17) is 14.2 Å². The fraction of sp³-hybridized carbons (Fsp3) is 0.667. The lowest BCUT2D eigenvalue weighted by molar-refractivity contribution is -0.137. The molecule has 1 aromatic rings. The van der Waals surface area contributed by atoms with Crippen molar-refractivity contribution in [2.24, 2.45) is 5.92 Å². The molecule has 164 valence electrons. The molecular weight excluding hydrogens is 368 g/mol. The number of benzene rings is 1. The maximum atomic E-state index is 12.2. The molecule has 0 radical (unpaired) electrons. The number of hydrogen-bond acceptors (Lipinski definition) is 5. The van der Waals surface area contributed by atoms with E-state index in [0.29, 0.717) is 31.1 Å². The van der Waals surface area contributed by atoms with Gasteiger partial charge in [0.15, 0.2) is 11.5 Å². The molecule has 0 heterocycles. The van der Waals surface area contributed by atoms with Gasteiger partial charge < -0.3 is 14.2 Å². The topological polar surface area (TPSA) is 61.8 Å². The lowest BCUT2D eigenvalue weighted by Gasteiger charge is -2.14. The van der Waals surface area contributed by atoms with Crippen LogP contribution in [0.15, 0.2) is 18.2 Å². The van der Waals surface area contributed by atoms with Crippen molar-refractivity contribution < 1.29 is 23.8 Å². The molecule has 29 heavy (non-hydrogen) atoms. The smallest absolute Gasteiger partial charge is 0.311 e. The normalized spacial score (nSPS) is 10.8. The summed E-state index contributed by atoms with van der Waals surface area (Å²) in [7, 11) is 0. The standard InChI is InChI=1S/C24H38O5/c1-5-7-9-11-13-23(25)28-21-16-15-20(27-18-19(3)4)17-22(21)29-24(26)14-12-10-8-6-2/h15-17,19H,5-14,18H2,1-4H3. The highest BCUT2D eigenvalue weighted by atomic mass is 16.6. The van der Waals surface area contributed by atoms with Crippen LogP contribution in [0.2, 0.25) is 0 Å². The van der Waals surface area contributed by atoms with E-state index in [1.54, 1.807) is 18.2 Å². The third-order valence-corrected chi connectivity index (χ3v) is 4.42. The molecule has 0 aliphatic rings. The van der Waals surface area contributed by atoms with Crippen LogP contribution >= 0.6 is 0 Å². The summed E-state index contributed by atoms with van der Waals surface area (Å²) < 4.78 is 16.7. The molecule has 0 aliphatic carbocycles. The third kappa shape index (κ3) is 11.5. The fourth-order valence-corrected chi connectivity index (χ4v) is 2.74. The molecule has 0 atom stereocenters. The van der Waals surface area contributed by atoms with Gasteiger partial charge in [0.2, 0.25) is 0 Å². The number of hydrogen-bond donors (Lipinski definition) is 0. The van der Waals surface area contributed by atoms with E-state index in [0.717, 1.165) is 51.4 Å². The van der Waals surface area contributed by atoms with Gasteiger partial charge in [-0.25, -0.2) is 0 Å². The summed E-state index contributed by atoms with van der Waals surface area (Å²) in [5, 5.41) is 0. The van der Waals surface area contributed by atoms with E-state index in [9.17, 15) is 9.59 Å². The minimum atomic E-state index is -0.317. The maximum absolute atomic E-state index is 12.2. The Hall–Kier alpha value is -2.04. The van der Waals surface area contributed by atoms with Gasteiger partial charge in [0.1, 0.15) is 5.75 Å². The summed E-state index contributed by atoms with van der Waals surface area (Å²) >= 11 is 0. The Balaban J connectivity index is 2.75. The predicted octanol–water partition coefficient (Wildman–Crippen LogP) is 6.47. The summed E-state index contributed by atoms with van der Waals surface area (Å²) in [6.45, 7) is 8.94. The molecule has 0 bridgehead atoms. The van der Waals surface area contributed by atoms with E-state index in [-0.39, 0.29) is 23.4 Å². The first-order chi connectivity index (χ1) is 14.0. The number of carbonyl (C=O) groups is 2. The van der Waals surface area contributed by atoms with Gasteiger partial charge in [-0.2, -0.15) is 0 Å². The van der Waals surface area contributed by atoms with Crippen LogP contribution in [0.25, 0.3) is 0 Å². The monoisotopic (exact) mass is 406 g/mol. The van der Waals surface area contributed by atoms with E-state index < -0.39 is 0 Å². The summed E-state index contributed by atoms with van der Waals surface area (Å²) in [4.78, 5) is 24.4. The molecule has 0 amide bonds. The Morgan fingerprint density at radius 3 is 1.86 bits per heavy atom. The highest BCUT2D eigenvalue weighted by Crippen LogP contribution is 2.33. The van der Waals surface area contributed by atoms with Crippen molar-refractivity contribution in [3.8, 4) is 17.2 Å². The first-order valence-electron chi connectivity index (χ1n) is 11.1. The van der Waals surface area contributed by atoms with Crippen LogP contribution in [0, 0.1) is 5.92 Å². The van der Waals surface area contributed by atoms with Crippen molar-refractivity contribution in [3.63, 3.8) is 0 Å². The predicted molar refractivity (Wildman–Crippen MR) is 116 cm³/mol. The number of rotatable bonds is 15. The number of esters is 2. The SMILES string of the molecule is CCCCCCC(=O)Oc1ccc(OCC(C)C)cc1OC(=O)CCCCCC. The summed E-state index contributed by atoms with van der Waals surface area (Å²) in [5.74, 6) is 0.855. The highest BCUT2D eigenvalue weighted by Gasteiger charge is 2.15. The third-order valence-electron chi connectivity index (χ3n) is 4.42. The van der Waals surface area contributed by atoms with Crippen LogP contribution in [0.4, 0.5) is 0 Å². The Morgan fingerprint density at radius 1 is 0.793 bits per heavy atom. The van der Waals surface area contributed by atoms with Crippen LogP contribution in [0.5, 0.6) is 17.2 Å². The van der Waals surface area contributed by atoms with Crippen molar-refractivity contribution in [1.29, 1.82) is 0 Å². The van der Waals surface area contributed by atoms with E-state index in [2.05, 4.69) is 27.7 Å². The van der Waals surface area contributed by atoms with E-state index >= 15 is 0 Å². The number of ether oxygens (including phenoxy) is 3. The zero-order chi connectivity index (χ0) is 21.5. The Bertz CT molecular complexity index is 609. The molecule has 0 saturated carbocycles. The molecule has 0 aliphatic heterocycles. The molecule has 1 rings (SSSR count). The van der Waals surface area contributed by atoms with Crippen LogP contribution in [0.1, 0.15) is 91.9 Å². The number of unbranched alkanes of at least 4 members (excludes halogenated alkanes) is 6. The minimum absolute atomic E-state index is 0.244. The fourth-order valence-electron chi connectivity index (χ4n) is 2.74. The summed E-state index contributed by atoms with van der Waals surface area (Å²) in [5.41, 5.74) is 0. The van der Waals surface area contributed by atoms with Gasteiger partial charge in [0.05, 0.1) is 6.61 Å². The van der Waals surface area contributed by atoms with Crippen molar-refractivity contribution in [3.05, 3.63) is 18.2 Å². The van der Waals surface area contributed by atoms with Crippen molar-refractivity contribution >= 4 is 11.9 Å². The van der Waals surface area contributed by atoms with Gasteiger partial charge in [-0.3, -0.25) is 9.59 Å². The second kappa shape index (κ2) is 14.9. The van der Waals surface area contributed by atoms with Crippen molar-refractivity contribution in [1.82, 2.24) is 0 Å². The summed E-state index contributed by atoms with van der Waals surface area (Å²) in [6.07, 6.45) is 8.75. The van der Waals surface area contributed by atoms with Crippen molar-refractivity contribution in [2.45, 2.75) is 91.9 Å². The molecule has 0 aromatic heterocycles. The molecule has 0 unspecified atom stereocenters. The molecule has 5 heteroatoms. The highest BCUT2D eigenvalue weighted by molar-refractivity contribution is 5.76. The van der Waals surface area contributed by atoms with Crippen LogP contribution in [-0.4, -0.2) is 18.5 Å². The van der Waals surface area contributed by atoms with Gasteiger partial charge in [0.25, 0.3) is 0 Å². The quantitative estimate of drug-likeness (QED) is 0.190. The minimum Gasteiger partial charge on any atom is -0.493 e. The first kappa shape index (κ1) is 25.0. The number of carbonyl (C=O) groups excluding carboxylic acids is 2. The zero-order valence-corrected chi connectivity index (χ0v) is 18.6. The van der Waals surface area contributed by atoms with Crippen LogP contribution < -0.4 is 14.2 Å². The average Bonchev–Trinajstić information content (AvgIpc) is 2.68. The molecule has 5 nitrogen and oxygen atoms in total. The van der Waals surface area contributed by atoms with Gasteiger partial charge in [-0.1, -0.05) is 66.2 Å². The lowest BCUT2D eigenvalue weighted by atomic mass is 10.1. The average molecular weight is 407 g/mol.